The molecule has 0 aliphatic carbocycles. The molecule has 1 fully saturated rings. The van der Waals surface area contributed by atoms with Crippen molar-refractivity contribution in [2.75, 3.05) is 31.1 Å². The first-order valence-electron chi connectivity index (χ1n) is 9.89. The second kappa shape index (κ2) is 8.02. The van der Waals surface area contributed by atoms with E-state index in [9.17, 15) is 4.79 Å². The van der Waals surface area contributed by atoms with Gasteiger partial charge in [0.1, 0.15) is 11.4 Å². The van der Waals surface area contributed by atoms with E-state index in [1.54, 1.807) is 10.5 Å². The Balaban J connectivity index is 1.67. The molecule has 4 rings (SSSR count). The normalized spacial score (nSPS) is 17.1. The summed E-state index contributed by atoms with van der Waals surface area (Å²) in [5, 5.41) is 3.44. The van der Waals surface area contributed by atoms with Gasteiger partial charge in [-0.25, -0.2) is 4.98 Å². The van der Waals surface area contributed by atoms with E-state index in [1.807, 2.05) is 42.6 Å². The summed E-state index contributed by atoms with van der Waals surface area (Å²) in [6.07, 6.45) is 2.85. The Morgan fingerprint density at radius 1 is 1.25 bits per heavy atom. The fourth-order valence-corrected chi connectivity index (χ4v) is 3.56. The summed E-state index contributed by atoms with van der Waals surface area (Å²) in [6, 6.07) is 13.7. The lowest BCUT2D eigenvalue weighted by Crippen LogP contribution is -2.49. The molecule has 0 spiro atoms. The molecule has 28 heavy (non-hydrogen) atoms. The maximum atomic E-state index is 12.8. The maximum Gasteiger partial charge on any atom is 0.258 e. The molecule has 2 aromatic heterocycles. The van der Waals surface area contributed by atoms with E-state index >= 15 is 0 Å². The first-order valence-corrected chi connectivity index (χ1v) is 9.89. The molecule has 0 radical (unpaired) electrons. The van der Waals surface area contributed by atoms with Gasteiger partial charge in [0.2, 0.25) is 0 Å². The van der Waals surface area contributed by atoms with Crippen molar-refractivity contribution >= 4 is 11.3 Å². The highest BCUT2D eigenvalue weighted by atomic mass is 16.5. The summed E-state index contributed by atoms with van der Waals surface area (Å²) in [5.41, 5.74) is 3.16. The fourth-order valence-electron chi connectivity index (χ4n) is 3.56. The summed E-state index contributed by atoms with van der Waals surface area (Å²) in [5.74, 6) is 0.796. The Bertz CT molecular complexity index is 1030. The Morgan fingerprint density at radius 3 is 2.96 bits per heavy atom. The molecule has 1 atom stereocenters. The molecule has 1 saturated heterocycles. The molecule has 0 saturated carbocycles. The summed E-state index contributed by atoms with van der Waals surface area (Å²) < 4.78 is 7.33. The zero-order chi connectivity index (χ0) is 19.5. The van der Waals surface area contributed by atoms with Gasteiger partial charge in [0.05, 0.1) is 18.0 Å². The smallest absolute Gasteiger partial charge is 0.258 e. The second-order valence-electron chi connectivity index (χ2n) is 7.27. The van der Waals surface area contributed by atoms with Crippen LogP contribution in [-0.2, 0) is 0 Å². The number of pyridine rings is 1. The number of anilines is 1. The maximum absolute atomic E-state index is 12.8. The van der Waals surface area contributed by atoms with E-state index in [4.69, 9.17) is 9.72 Å². The number of nitrogens with one attached hydrogen (secondary N) is 1. The molecule has 0 amide bonds. The van der Waals surface area contributed by atoms with Crippen LogP contribution < -0.4 is 20.5 Å². The lowest BCUT2D eigenvalue weighted by molar-refractivity contribution is 0.317. The van der Waals surface area contributed by atoms with Gasteiger partial charge in [-0.05, 0) is 37.6 Å². The summed E-state index contributed by atoms with van der Waals surface area (Å²) in [7, 11) is 0. The monoisotopic (exact) mass is 378 g/mol. The van der Waals surface area contributed by atoms with E-state index in [1.165, 1.54) is 0 Å². The van der Waals surface area contributed by atoms with Crippen LogP contribution >= 0.6 is 0 Å². The van der Waals surface area contributed by atoms with Crippen molar-refractivity contribution in [3.05, 3.63) is 59.0 Å². The van der Waals surface area contributed by atoms with Gasteiger partial charge in [0.25, 0.3) is 5.56 Å². The summed E-state index contributed by atoms with van der Waals surface area (Å²) in [4.78, 5) is 19.8. The van der Waals surface area contributed by atoms with Gasteiger partial charge in [-0.3, -0.25) is 9.20 Å². The molecule has 3 heterocycles. The van der Waals surface area contributed by atoms with Crippen molar-refractivity contribution in [1.82, 2.24) is 14.7 Å². The van der Waals surface area contributed by atoms with E-state index in [-0.39, 0.29) is 5.56 Å². The van der Waals surface area contributed by atoms with Gasteiger partial charge in [0, 0.05) is 43.5 Å². The van der Waals surface area contributed by atoms with Crippen LogP contribution in [0.15, 0.2) is 53.5 Å². The molecular formula is C22H26N4O2. The number of fused-ring (bicyclic) bond motifs is 1. The van der Waals surface area contributed by atoms with Gasteiger partial charge in [-0.1, -0.05) is 19.1 Å². The Kier molecular flexibility index (Phi) is 5.30. The highest BCUT2D eigenvalue weighted by Gasteiger charge is 2.16. The van der Waals surface area contributed by atoms with Crippen LogP contribution in [0.4, 0.5) is 5.69 Å². The topological polar surface area (TPSA) is 58.9 Å². The van der Waals surface area contributed by atoms with Crippen molar-refractivity contribution < 1.29 is 4.74 Å². The molecule has 1 aliphatic heterocycles. The highest BCUT2D eigenvalue weighted by molar-refractivity contribution is 5.64. The molecule has 1 N–H and O–H groups in total. The third-order valence-corrected chi connectivity index (χ3v) is 4.98. The number of nitrogens with zero attached hydrogens (tertiary/aromatic N) is 3. The number of rotatable bonds is 5. The van der Waals surface area contributed by atoms with E-state index in [2.05, 4.69) is 24.1 Å². The lowest BCUT2D eigenvalue weighted by Gasteiger charge is -2.33. The minimum atomic E-state index is -0.0788. The van der Waals surface area contributed by atoms with Gasteiger partial charge < -0.3 is 15.0 Å². The molecule has 1 aromatic carbocycles. The van der Waals surface area contributed by atoms with E-state index < -0.39 is 0 Å². The van der Waals surface area contributed by atoms with Gasteiger partial charge in [0.15, 0.2) is 0 Å². The summed E-state index contributed by atoms with van der Waals surface area (Å²) >= 11 is 0. The number of hydrogen-bond acceptors (Lipinski definition) is 5. The Hall–Kier alpha value is -2.86. The number of benzene rings is 1. The van der Waals surface area contributed by atoms with Crippen LogP contribution in [0.2, 0.25) is 0 Å². The van der Waals surface area contributed by atoms with Gasteiger partial charge >= 0.3 is 0 Å². The molecule has 146 valence electrons. The zero-order valence-electron chi connectivity index (χ0n) is 16.4. The van der Waals surface area contributed by atoms with Crippen LogP contribution in [0.25, 0.3) is 16.9 Å². The van der Waals surface area contributed by atoms with Crippen molar-refractivity contribution in [1.29, 1.82) is 0 Å². The minimum absolute atomic E-state index is 0.0788. The quantitative estimate of drug-likeness (QED) is 0.740. The van der Waals surface area contributed by atoms with Gasteiger partial charge in [-0.15, -0.1) is 0 Å². The van der Waals surface area contributed by atoms with Gasteiger partial charge in [-0.2, -0.15) is 0 Å². The van der Waals surface area contributed by atoms with E-state index in [0.29, 0.717) is 24.0 Å². The van der Waals surface area contributed by atoms with Crippen LogP contribution in [0.5, 0.6) is 5.75 Å². The number of piperazine rings is 1. The average Bonchev–Trinajstić information content (AvgIpc) is 2.72. The average molecular weight is 378 g/mol. The molecule has 6 nitrogen and oxygen atoms in total. The molecule has 0 bridgehead atoms. The largest absolute Gasteiger partial charge is 0.494 e. The van der Waals surface area contributed by atoms with Crippen LogP contribution in [-0.4, -0.2) is 41.7 Å². The molecule has 0 unspecified atom stereocenters. The number of ether oxygens (including phenoxy) is 1. The number of aromatic nitrogens is 2. The second-order valence-corrected chi connectivity index (χ2v) is 7.27. The molecule has 6 heteroatoms. The fraction of sp³-hybridized carbons (Fsp3) is 0.364. The first kappa shape index (κ1) is 18.5. The number of hydrogen-bond donors (Lipinski definition) is 1. The third kappa shape index (κ3) is 3.87. The van der Waals surface area contributed by atoms with E-state index in [0.717, 1.165) is 43.1 Å². The van der Waals surface area contributed by atoms with Crippen molar-refractivity contribution in [2.24, 2.45) is 0 Å². The third-order valence-electron chi connectivity index (χ3n) is 4.98. The lowest BCUT2D eigenvalue weighted by atomic mass is 10.1. The first-order chi connectivity index (χ1) is 13.6. The van der Waals surface area contributed by atoms with Crippen molar-refractivity contribution in [2.45, 2.75) is 26.3 Å². The van der Waals surface area contributed by atoms with Crippen LogP contribution in [0.1, 0.15) is 20.3 Å². The molecule has 3 aromatic rings. The minimum Gasteiger partial charge on any atom is -0.494 e. The summed E-state index contributed by atoms with van der Waals surface area (Å²) in [6.45, 7) is 7.72. The molecule has 1 aliphatic rings. The standard InChI is InChI=1S/C22H26N4O2/c1-3-11-28-19-6-4-5-17(12-19)20-13-22(27)26-15-18(7-8-21(26)24-20)25-10-9-23-16(2)14-25/h4-8,12-13,15-16,23H,3,9-11,14H2,1-2H3/t16-/m0/s1. The zero-order valence-corrected chi connectivity index (χ0v) is 16.4. The Labute approximate surface area is 164 Å². The van der Waals surface area contributed by atoms with Crippen molar-refractivity contribution in [3.8, 4) is 17.0 Å². The predicted octanol–water partition coefficient (Wildman–Crippen LogP) is 2.95. The SMILES string of the molecule is CCCOc1cccc(-c2cc(=O)n3cc(N4CCN[C@@H](C)C4)ccc3n2)c1. The van der Waals surface area contributed by atoms with Crippen LogP contribution in [0, 0.1) is 0 Å². The molecular weight excluding hydrogens is 352 g/mol. The van der Waals surface area contributed by atoms with Crippen molar-refractivity contribution in [3.63, 3.8) is 0 Å². The van der Waals surface area contributed by atoms with Crippen LogP contribution in [0.3, 0.4) is 0 Å². The Morgan fingerprint density at radius 2 is 2.14 bits per heavy atom. The highest BCUT2D eigenvalue weighted by Crippen LogP contribution is 2.23. The predicted molar refractivity (Wildman–Crippen MR) is 112 cm³/mol.